The minimum Gasteiger partial charge on any atom is -0.466 e. The van der Waals surface area contributed by atoms with Crippen LogP contribution < -0.4 is 0 Å². The fraction of sp³-hybridized carbons (Fsp3) is 0.786. The van der Waals surface area contributed by atoms with E-state index in [0.29, 0.717) is 6.61 Å². The van der Waals surface area contributed by atoms with Crippen molar-refractivity contribution < 1.29 is 28.6 Å². The van der Waals surface area contributed by atoms with Crippen LogP contribution in [0.4, 0.5) is 0 Å². The van der Waals surface area contributed by atoms with Gasteiger partial charge in [-0.3, -0.25) is 19.3 Å². The van der Waals surface area contributed by atoms with E-state index < -0.39 is 17.9 Å². The first-order chi connectivity index (χ1) is 9.94. The van der Waals surface area contributed by atoms with Gasteiger partial charge in [0.25, 0.3) is 0 Å². The Balaban J connectivity index is 4.54. The van der Waals surface area contributed by atoms with Crippen molar-refractivity contribution >= 4 is 17.9 Å². The molecule has 21 heavy (non-hydrogen) atoms. The molecule has 1 atom stereocenters. The summed E-state index contributed by atoms with van der Waals surface area (Å²) >= 11 is 0. The van der Waals surface area contributed by atoms with Gasteiger partial charge in [-0.25, -0.2) is 0 Å². The fourth-order valence-corrected chi connectivity index (χ4v) is 1.77. The molecule has 122 valence electrons. The summed E-state index contributed by atoms with van der Waals surface area (Å²) in [6.07, 6.45) is -0.0696. The predicted octanol–water partition coefficient (Wildman–Crippen LogP) is 0.614. The molecule has 0 aliphatic heterocycles. The van der Waals surface area contributed by atoms with E-state index in [1.54, 1.807) is 32.7 Å². The summed E-state index contributed by atoms with van der Waals surface area (Å²) in [4.78, 5) is 36.4. The van der Waals surface area contributed by atoms with Crippen LogP contribution in [-0.2, 0) is 28.6 Å². The SMILES string of the molecule is CCOC(=O)CC(CN(C)CC(=O)OCC)C(=O)OCC. The quantitative estimate of drug-likeness (QED) is 0.432. The fourth-order valence-electron chi connectivity index (χ4n) is 1.77. The van der Waals surface area contributed by atoms with Crippen LogP contribution in [-0.4, -0.2) is 62.8 Å². The normalized spacial score (nSPS) is 11.9. The molecule has 0 heterocycles. The summed E-state index contributed by atoms with van der Waals surface area (Å²) < 4.78 is 14.6. The number of likely N-dealkylation sites (N-methyl/N-ethyl adjacent to an activating group) is 1. The molecule has 0 saturated carbocycles. The van der Waals surface area contributed by atoms with Gasteiger partial charge in [0.2, 0.25) is 0 Å². The molecule has 0 spiro atoms. The van der Waals surface area contributed by atoms with Gasteiger partial charge in [0, 0.05) is 6.54 Å². The minimum atomic E-state index is -0.663. The van der Waals surface area contributed by atoms with Gasteiger partial charge in [0.05, 0.1) is 38.7 Å². The standard InChI is InChI=1S/C14H25NO6/c1-5-19-12(16)8-11(14(18)21-7-3)9-15(4)10-13(17)20-6-2/h11H,5-10H2,1-4H3. The van der Waals surface area contributed by atoms with Crippen LogP contribution in [0.15, 0.2) is 0 Å². The first-order valence-electron chi connectivity index (χ1n) is 7.10. The second kappa shape index (κ2) is 11.1. The van der Waals surface area contributed by atoms with Crippen molar-refractivity contribution in [3.8, 4) is 0 Å². The minimum absolute atomic E-state index is 0.0482. The zero-order chi connectivity index (χ0) is 16.3. The third-order valence-electron chi connectivity index (χ3n) is 2.57. The predicted molar refractivity (Wildman–Crippen MR) is 75.5 cm³/mol. The maximum Gasteiger partial charge on any atom is 0.320 e. The molecular weight excluding hydrogens is 278 g/mol. The Labute approximate surface area is 125 Å². The molecule has 1 unspecified atom stereocenters. The van der Waals surface area contributed by atoms with Crippen molar-refractivity contribution in [1.29, 1.82) is 0 Å². The van der Waals surface area contributed by atoms with Crippen LogP contribution in [0.5, 0.6) is 0 Å². The molecule has 0 bridgehead atoms. The topological polar surface area (TPSA) is 82.1 Å². The van der Waals surface area contributed by atoms with Gasteiger partial charge in [-0.1, -0.05) is 0 Å². The monoisotopic (exact) mass is 303 g/mol. The third-order valence-corrected chi connectivity index (χ3v) is 2.57. The average molecular weight is 303 g/mol. The highest BCUT2D eigenvalue weighted by Gasteiger charge is 2.26. The molecule has 0 aromatic rings. The summed E-state index contributed by atoms with van der Waals surface area (Å²) in [7, 11) is 1.67. The van der Waals surface area contributed by atoms with Crippen LogP contribution in [0, 0.1) is 5.92 Å². The Bertz CT molecular complexity index is 344. The Kier molecular flexibility index (Phi) is 10.2. The van der Waals surface area contributed by atoms with Gasteiger partial charge in [0.15, 0.2) is 0 Å². The number of hydrogen-bond acceptors (Lipinski definition) is 7. The zero-order valence-corrected chi connectivity index (χ0v) is 13.2. The van der Waals surface area contributed by atoms with Crippen molar-refractivity contribution in [1.82, 2.24) is 4.90 Å². The molecule has 0 aromatic heterocycles. The third kappa shape index (κ3) is 9.01. The second-order valence-electron chi connectivity index (χ2n) is 4.46. The van der Waals surface area contributed by atoms with Crippen molar-refractivity contribution in [2.24, 2.45) is 5.92 Å². The summed E-state index contributed by atoms with van der Waals surface area (Å²) in [5, 5.41) is 0. The molecule has 7 heteroatoms. The largest absolute Gasteiger partial charge is 0.466 e. The summed E-state index contributed by atoms with van der Waals surface area (Å²) in [5.41, 5.74) is 0. The van der Waals surface area contributed by atoms with Gasteiger partial charge < -0.3 is 14.2 Å². The molecular formula is C14H25NO6. The molecule has 0 amide bonds. The van der Waals surface area contributed by atoms with Gasteiger partial charge >= 0.3 is 17.9 Å². The van der Waals surface area contributed by atoms with Gasteiger partial charge in [-0.15, -0.1) is 0 Å². The van der Waals surface area contributed by atoms with E-state index in [1.165, 1.54) is 0 Å². The van der Waals surface area contributed by atoms with E-state index in [9.17, 15) is 14.4 Å². The number of carbonyl (C=O) groups is 3. The zero-order valence-electron chi connectivity index (χ0n) is 13.2. The highest BCUT2D eigenvalue weighted by Crippen LogP contribution is 2.10. The molecule has 0 rings (SSSR count). The smallest absolute Gasteiger partial charge is 0.320 e. The van der Waals surface area contributed by atoms with E-state index in [-0.39, 0.29) is 38.7 Å². The lowest BCUT2D eigenvalue weighted by atomic mass is 10.1. The maximum atomic E-state index is 11.9. The van der Waals surface area contributed by atoms with Gasteiger partial charge in [0.1, 0.15) is 0 Å². The Morgan fingerprint density at radius 3 is 1.95 bits per heavy atom. The number of hydrogen-bond donors (Lipinski definition) is 0. The lowest BCUT2D eigenvalue weighted by Crippen LogP contribution is -2.36. The van der Waals surface area contributed by atoms with Crippen molar-refractivity contribution in [3.05, 3.63) is 0 Å². The van der Waals surface area contributed by atoms with Crippen LogP contribution in [0.2, 0.25) is 0 Å². The summed E-state index contributed by atoms with van der Waals surface area (Å²) in [6.45, 7) is 6.18. The molecule has 0 aromatic carbocycles. The number of rotatable bonds is 10. The maximum absolute atomic E-state index is 11.9. The van der Waals surface area contributed by atoms with Crippen molar-refractivity contribution in [3.63, 3.8) is 0 Å². The molecule has 0 radical (unpaired) electrons. The van der Waals surface area contributed by atoms with E-state index in [4.69, 9.17) is 14.2 Å². The van der Waals surface area contributed by atoms with Gasteiger partial charge in [-0.2, -0.15) is 0 Å². The Morgan fingerprint density at radius 1 is 0.905 bits per heavy atom. The molecule has 0 aliphatic carbocycles. The Morgan fingerprint density at radius 2 is 1.43 bits per heavy atom. The van der Waals surface area contributed by atoms with Crippen molar-refractivity contribution in [2.75, 3.05) is 40.0 Å². The average Bonchev–Trinajstić information content (AvgIpc) is 2.38. The first-order valence-corrected chi connectivity index (χ1v) is 7.10. The van der Waals surface area contributed by atoms with E-state index in [0.717, 1.165) is 0 Å². The van der Waals surface area contributed by atoms with Crippen molar-refractivity contribution in [2.45, 2.75) is 27.2 Å². The number of ether oxygens (including phenoxy) is 3. The lowest BCUT2D eigenvalue weighted by molar-refractivity contribution is -0.156. The van der Waals surface area contributed by atoms with Crippen LogP contribution in [0.25, 0.3) is 0 Å². The van der Waals surface area contributed by atoms with Crippen LogP contribution in [0.3, 0.4) is 0 Å². The number of esters is 3. The van der Waals surface area contributed by atoms with E-state index in [2.05, 4.69) is 0 Å². The van der Waals surface area contributed by atoms with Crippen LogP contribution >= 0.6 is 0 Å². The molecule has 0 fully saturated rings. The summed E-state index contributed by atoms with van der Waals surface area (Å²) in [5.74, 6) is -1.97. The highest BCUT2D eigenvalue weighted by atomic mass is 16.5. The molecule has 0 N–H and O–H groups in total. The van der Waals surface area contributed by atoms with E-state index in [1.807, 2.05) is 0 Å². The van der Waals surface area contributed by atoms with E-state index >= 15 is 0 Å². The highest BCUT2D eigenvalue weighted by molar-refractivity contribution is 5.80. The summed E-state index contributed by atoms with van der Waals surface area (Å²) in [6, 6.07) is 0. The number of nitrogens with zero attached hydrogens (tertiary/aromatic N) is 1. The van der Waals surface area contributed by atoms with Gasteiger partial charge in [-0.05, 0) is 27.8 Å². The molecule has 7 nitrogen and oxygen atoms in total. The van der Waals surface area contributed by atoms with Crippen LogP contribution in [0.1, 0.15) is 27.2 Å². The Hall–Kier alpha value is -1.63. The number of carbonyl (C=O) groups excluding carboxylic acids is 3. The lowest BCUT2D eigenvalue weighted by Gasteiger charge is -2.21. The molecule has 0 saturated heterocycles. The molecule has 0 aliphatic rings. The second-order valence-corrected chi connectivity index (χ2v) is 4.46. The first kappa shape index (κ1) is 19.4.